The van der Waals surface area contributed by atoms with Gasteiger partial charge in [-0.25, -0.2) is 0 Å². The third-order valence-electron chi connectivity index (χ3n) is 4.49. The normalized spacial score (nSPS) is 13.0. The summed E-state index contributed by atoms with van der Waals surface area (Å²) in [6.07, 6.45) is 4.88. The Bertz CT molecular complexity index is 445. The highest BCUT2D eigenvalue weighted by atomic mass is 16.3. The van der Waals surface area contributed by atoms with Gasteiger partial charge in [0.25, 0.3) is 0 Å². The van der Waals surface area contributed by atoms with Crippen LogP contribution in [0.5, 0.6) is 5.75 Å². The second-order valence-corrected chi connectivity index (χ2v) is 8.74. The Balaban J connectivity index is 3.52. The molecule has 0 saturated heterocycles. The van der Waals surface area contributed by atoms with Crippen LogP contribution in [0.25, 0.3) is 0 Å². The molecule has 0 unspecified atom stereocenters. The number of hydrogen-bond acceptors (Lipinski definition) is 1. The third-order valence-corrected chi connectivity index (χ3v) is 4.49. The van der Waals surface area contributed by atoms with Crippen molar-refractivity contribution in [3.05, 3.63) is 28.8 Å². The van der Waals surface area contributed by atoms with Crippen molar-refractivity contribution in [1.29, 1.82) is 0 Å². The Morgan fingerprint density at radius 3 is 1.45 bits per heavy atom. The molecule has 1 heteroatoms. The summed E-state index contributed by atoms with van der Waals surface area (Å²) in [5.74, 6) is 1.10. The van der Waals surface area contributed by atoms with Gasteiger partial charge < -0.3 is 5.11 Å². The van der Waals surface area contributed by atoms with Crippen LogP contribution in [0.1, 0.15) is 104 Å². The predicted molar refractivity (Wildman–Crippen MR) is 98.1 cm³/mol. The van der Waals surface area contributed by atoms with E-state index in [1.165, 1.54) is 31.2 Å². The van der Waals surface area contributed by atoms with Gasteiger partial charge in [0.05, 0.1) is 0 Å². The fraction of sp³-hybridized carbons (Fsp3) is 0.714. The average molecular weight is 305 g/mol. The van der Waals surface area contributed by atoms with Gasteiger partial charge in [-0.05, 0) is 46.3 Å². The molecule has 1 N–H and O–H groups in total. The van der Waals surface area contributed by atoms with Gasteiger partial charge >= 0.3 is 0 Å². The third kappa shape index (κ3) is 4.51. The van der Waals surface area contributed by atoms with Crippen molar-refractivity contribution in [2.45, 2.75) is 97.8 Å². The first-order valence-corrected chi connectivity index (χ1v) is 8.90. The monoisotopic (exact) mass is 304 g/mol. The topological polar surface area (TPSA) is 20.2 Å². The smallest absolute Gasteiger partial charge is 0.123 e. The Labute approximate surface area is 138 Å². The highest BCUT2D eigenvalue weighted by molar-refractivity contribution is 5.50. The summed E-state index contributed by atoms with van der Waals surface area (Å²) in [6, 6.07) is 4.53. The molecular formula is C21H36O. The highest BCUT2D eigenvalue weighted by Crippen LogP contribution is 2.42. The molecule has 0 aromatic heterocycles. The fourth-order valence-corrected chi connectivity index (χ4v) is 3.21. The molecule has 0 amide bonds. The number of rotatable bonds is 5. The van der Waals surface area contributed by atoms with Crippen LogP contribution in [0.3, 0.4) is 0 Å². The standard InChI is InChI=1S/C21H36O/c1-9-11-15(12-10-2)16-13-17(20(3,4)5)19(22)18(14-16)21(6,7)8/h13-15,22H,9-12H2,1-8H3. The number of benzene rings is 1. The summed E-state index contributed by atoms with van der Waals surface area (Å²) in [5, 5.41) is 10.8. The molecular weight excluding hydrogens is 268 g/mol. The zero-order valence-electron chi connectivity index (χ0n) is 16.0. The molecule has 1 aromatic rings. The zero-order chi connectivity index (χ0) is 17.1. The van der Waals surface area contributed by atoms with Gasteiger partial charge in [0.15, 0.2) is 0 Å². The SMILES string of the molecule is CCCC(CCC)c1cc(C(C)(C)C)c(O)c(C(C)(C)C)c1. The van der Waals surface area contributed by atoms with Crippen molar-refractivity contribution >= 4 is 0 Å². The van der Waals surface area contributed by atoms with Crippen molar-refractivity contribution < 1.29 is 5.11 Å². The van der Waals surface area contributed by atoms with Crippen LogP contribution in [0.2, 0.25) is 0 Å². The van der Waals surface area contributed by atoms with Crippen molar-refractivity contribution in [2.24, 2.45) is 0 Å². The van der Waals surface area contributed by atoms with E-state index in [-0.39, 0.29) is 10.8 Å². The lowest BCUT2D eigenvalue weighted by atomic mass is 9.76. The largest absolute Gasteiger partial charge is 0.507 e. The Morgan fingerprint density at radius 1 is 0.818 bits per heavy atom. The summed E-state index contributed by atoms with van der Waals surface area (Å²) in [5.41, 5.74) is 3.52. The molecule has 0 heterocycles. The summed E-state index contributed by atoms with van der Waals surface area (Å²) in [6.45, 7) is 17.6. The maximum atomic E-state index is 10.8. The molecule has 126 valence electrons. The van der Waals surface area contributed by atoms with Crippen molar-refractivity contribution in [3.8, 4) is 5.75 Å². The van der Waals surface area contributed by atoms with Crippen LogP contribution in [0, 0.1) is 0 Å². The molecule has 1 aromatic carbocycles. The van der Waals surface area contributed by atoms with Crippen LogP contribution >= 0.6 is 0 Å². The van der Waals surface area contributed by atoms with E-state index in [4.69, 9.17) is 0 Å². The number of phenolic OH excluding ortho intramolecular Hbond substituents is 1. The fourth-order valence-electron chi connectivity index (χ4n) is 3.21. The van der Waals surface area contributed by atoms with E-state index in [1.54, 1.807) is 0 Å². The number of hydrogen-bond donors (Lipinski definition) is 1. The molecule has 0 radical (unpaired) electrons. The zero-order valence-corrected chi connectivity index (χ0v) is 16.0. The summed E-state index contributed by atoms with van der Waals surface area (Å²) >= 11 is 0. The van der Waals surface area contributed by atoms with Crippen LogP contribution < -0.4 is 0 Å². The van der Waals surface area contributed by atoms with Crippen molar-refractivity contribution in [3.63, 3.8) is 0 Å². The minimum absolute atomic E-state index is 0.0386. The lowest BCUT2D eigenvalue weighted by molar-refractivity contribution is 0.421. The first-order chi connectivity index (χ1) is 10.0. The van der Waals surface area contributed by atoms with E-state index in [9.17, 15) is 5.11 Å². The second-order valence-electron chi connectivity index (χ2n) is 8.74. The Hall–Kier alpha value is -0.980. The van der Waals surface area contributed by atoms with Crippen LogP contribution in [-0.2, 0) is 10.8 Å². The van der Waals surface area contributed by atoms with Crippen LogP contribution in [-0.4, -0.2) is 5.11 Å². The molecule has 22 heavy (non-hydrogen) atoms. The molecule has 1 rings (SSSR count). The van der Waals surface area contributed by atoms with Crippen LogP contribution in [0.15, 0.2) is 12.1 Å². The van der Waals surface area contributed by atoms with E-state index in [0.29, 0.717) is 11.7 Å². The molecule has 0 fully saturated rings. The molecule has 0 spiro atoms. The molecule has 0 aliphatic heterocycles. The van der Waals surface area contributed by atoms with Gasteiger partial charge in [-0.15, -0.1) is 0 Å². The maximum Gasteiger partial charge on any atom is 0.123 e. The van der Waals surface area contributed by atoms with Crippen molar-refractivity contribution in [1.82, 2.24) is 0 Å². The molecule has 1 nitrogen and oxygen atoms in total. The van der Waals surface area contributed by atoms with E-state index < -0.39 is 0 Å². The van der Waals surface area contributed by atoms with Gasteiger partial charge in [0.2, 0.25) is 0 Å². The Morgan fingerprint density at radius 2 is 1.18 bits per heavy atom. The minimum Gasteiger partial charge on any atom is -0.507 e. The van der Waals surface area contributed by atoms with Gasteiger partial charge in [-0.3, -0.25) is 0 Å². The van der Waals surface area contributed by atoms with Gasteiger partial charge in [0, 0.05) is 0 Å². The van der Waals surface area contributed by atoms with Gasteiger partial charge in [-0.1, -0.05) is 80.4 Å². The van der Waals surface area contributed by atoms with Gasteiger partial charge in [0.1, 0.15) is 5.75 Å². The molecule has 0 aliphatic rings. The molecule has 0 aliphatic carbocycles. The molecule has 0 bridgehead atoms. The highest BCUT2D eigenvalue weighted by Gasteiger charge is 2.27. The number of aromatic hydroxyl groups is 1. The van der Waals surface area contributed by atoms with Gasteiger partial charge in [-0.2, -0.15) is 0 Å². The van der Waals surface area contributed by atoms with Crippen molar-refractivity contribution in [2.75, 3.05) is 0 Å². The predicted octanol–water partition coefficient (Wildman–Crippen LogP) is 6.67. The van der Waals surface area contributed by atoms with E-state index in [0.717, 1.165) is 11.1 Å². The molecule has 0 atom stereocenters. The van der Waals surface area contributed by atoms with E-state index >= 15 is 0 Å². The summed E-state index contributed by atoms with van der Waals surface area (Å²) in [4.78, 5) is 0. The molecule has 0 saturated carbocycles. The first-order valence-electron chi connectivity index (χ1n) is 8.90. The first kappa shape index (κ1) is 19.1. The quantitative estimate of drug-likeness (QED) is 0.644. The van der Waals surface area contributed by atoms with Crippen LogP contribution in [0.4, 0.5) is 0 Å². The Kier molecular flexibility index (Phi) is 6.12. The van der Waals surface area contributed by atoms with E-state index in [2.05, 4.69) is 67.5 Å². The minimum atomic E-state index is -0.0386. The lowest BCUT2D eigenvalue weighted by Gasteiger charge is -2.30. The lowest BCUT2D eigenvalue weighted by Crippen LogP contribution is -2.18. The number of phenols is 1. The maximum absolute atomic E-state index is 10.8. The summed E-state index contributed by atoms with van der Waals surface area (Å²) < 4.78 is 0. The second kappa shape index (κ2) is 7.06. The average Bonchev–Trinajstić information content (AvgIpc) is 2.36. The summed E-state index contributed by atoms with van der Waals surface area (Å²) in [7, 11) is 0. The van der Waals surface area contributed by atoms with E-state index in [1.807, 2.05) is 0 Å².